The third-order valence-electron chi connectivity index (χ3n) is 3.61. The van der Waals surface area contributed by atoms with E-state index in [4.69, 9.17) is 4.42 Å². The minimum Gasteiger partial charge on any atom is -0.440 e. The van der Waals surface area contributed by atoms with E-state index >= 15 is 0 Å². The molecular weight excluding hydrogens is 290 g/mol. The van der Waals surface area contributed by atoms with Crippen molar-refractivity contribution in [3.05, 3.63) is 48.0 Å². The van der Waals surface area contributed by atoms with Gasteiger partial charge >= 0.3 is 0 Å². The Hall–Kier alpha value is -3.02. The molecule has 114 valence electrons. The van der Waals surface area contributed by atoms with E-state index in [1.807, 2.05) is 50.2 Å². The van der Waals surface area contributed by atoms with Gasteiger partial charge in [0.2, 0.25) is 0 Å². The Morgan fingerprint density at radius 3 is 2.61 bits per heavy atom. The summed E-state index contributed by atoms with van der Waals surface area (Å²) in [6, 6.07) is 11.7. The van der Waals surface area contributed by atoms with Crippen LogP contribution in [0.25, 0.3) is 33.7 Å². The maximum Gasteiger partial charge on any atom is 0.192 e. The van der Waals surface area contributed by atoms with Crippen molar-refractivity contribution in [1.29, 1.82) is 0 Å². The average molecular weight is 305 g/mol. The second kappa shape index (κ2) is 5.01. The van der Waals surface area contributed by atoms with Gasteiger partial charge in [-0.3, -0.25) is 4.98 Å². The van der Waals surface area contributed by atoms with Gasteiger partial charge in [0.1, 0.15) is 16.7 Å². The van der Waals surface area contributed by atoms with Crippen LogP contribution in [-0.4, -0.2) is 25.0 Å². The normalized spacial score (nSPS) is 11.3. The first kappa shape index (κ1) is 13.6. The highest BCUT2D eigenvalue weighted by Crippen LogP contribution is 2.32. The van der Waals surface area contributed by atoms with Gasteiger partial charge in [0.25, 0.3) is 0 Å². The molecule has 0 unspecified atom stereocenters. The Kier molecular flexibility index (Phi) is 2.97. The van der Waals surface area contributed by atoms with Crippen molar-refractivity contribution < 1.29 is 4.42 Å². The largest absolute Gasteiger partial charge is 0.440 e. The molecule has 6 nitrogen and oxygen atoms in total. The van der Waals surface area contributed by atoms with Crippen molar-refractivity contribution in [2.75, 3.05) is 0 Å². The van der Waals surface area contributed by atoms with Crippen molar-refractivity contribution in [3.63, 3.8) is 0 Å². The lowest BCUT2D eigenvalue weighted by atomic mass is 10.1. The first-order chi connectivity index (χ1) is 11.1. The van der Waals surface area contributed by atoms with E-state index in [-0.39, 0.29) is 0 Å². The van der Waals surface area contributed by atoms with Crippen LogP contribution in [0.2, 0.25) is 0 Å². The highest BCUT2D eigenvalue weighted by Gasteiger charge is 2.17. The molecule has 4 aromatic rings. The predicted molar refractivity (Wildman–Crippen MR) is 86.7 cm³/mol. The van der Waals surface area contributed by atoms with Gasteiger partial charge in [-0.05, 0) is 37.3 Å². The molecule has 3 aromatic heterocycles. The summed E-state index contributed by atoms with van der Waals surface area (Å²) < 4.78 is 5.84. The number of aryl methyl sites for hydroxylation is 3. The van der Waals surface area contributed by atoms with Crippen molar-refractivity contribution in [2.24, 2.45) is 7.05 Å². The summed E-state index contributed by atoms with van der Waals surface area (Å²) in [6.07, 6.45) is 0. The standard InChI is InChI=1S/C17H15N5O/c1-10-5-4-6-14(18-10)16-17(23-11(2)19-16)12-7-8-13-15(9-12)21-22(3)20-13/h4-9H,1-3H3. The fraction of sp³-hybridized carbons (Fsp3) is 0.176. The molecular formula is C17H15N5O. The lowest BCUT2D eigenvalue weighted by Gasteiger charge is -2.02. The van der Waals surface area contributed by atoms with Crippen molar-refractivity contribution >= 4 is 11.0 Å². The molecule has 6 heteroatoms. The number of rotatable bonds is 2. The van der Waals surface area contributed by atoms with Gasteiger partial charge in [-0.15, -0.1) is 0 Å². The Balaban J connectivity index is 1.90. The number of fused-ring (bicyclic) bond motifs is 1. The van der Waals surface area contributed by atoms with Crippen molar-refractivity contribution in [3.8, 4) is 22.7 Å². The third-order valence-corrected chi connectivity index (χ3v) is 3.61. The summed E-state index contributed by atoms with van der Waals surface area (Å²) in [6.45, 7) is 3.80. The molecule has 0 saturated heterocycles. The molecule has 0 fully saturated rings. The number of hydrogen-bond donors (Lipinski definition) is 0. The van der Waals surface area contributed by atoms with Gasteiger partial charge in [-0.25, -0.2) is 4.98 Å². The molecule has 0 aliphatic heterocycles. The molecule has 0 bridgehead atoms. The van der Waals surface area contributed by atoms with Crippen LogP contribution < -0.4 is 0 Å². The first-order valence-electron chi connectivity index (χ1n) is 7.33. The molecule has 0 spiro atoms. The fourth-order valence-corrected chi connectivity index (χ4v) is 2.63. The molecule has 0 aliphatic carbocycles. The maximum absolute atomic E-state index is 5.84. The molecule has 1 aromatic carbocycles. The summed E-state index contributed by atoms with van der Waals surface area (Å²) in [5.74, 6) is 1.31. The van der Waals surface area contributed by atoms with E-state index in [9.17, 15) is 0 Å². The zero-order valence-electron chi connectivity index (χ0n) is 13.1. The van der Waals surface area contributed by atoms with E-state index < -0.39 is 0 Å². The Labute approximate surface area is 132 Å². The zero-order valence-corrected chi connectivity index (χ0v) is 13.1. The lowest BCUT2D eigenvalue weighted by Crippen LogP contribution is -1.90. The fourth-order valence-electron chi connectivity index (χ4n) is 2.63. The topological polar surface area (TPSA) is 69.6 Å². The van der Waals surface area contributed by atoms with E-state index in [0.717, 1.165) is 33.7 Å². The Morgan fingerprint density at radius 2 is 1.78 bits per heavy atom. The number of nitrogens with zero attached hydrogens (tertiary/aromatic N) is 5. The molecule has 3 heterocycles. The van der Waals surface area contributed by atoms with E-state index in [0.29, 0.717) is 11.7 Å². The quantitative estimate of drug-likeness (QED) is 0.568. The summed E-state index contributed by atoms with van der Waals surface area (Å²) >= 11 is 0. The summed E-state index contributed by atoms with van der Waals surface area (Å²) in [5, 5.41) is 8.64. The molecule has 0 saturated carbocycles. The van der Waals surface area contributed by atoms with E-state index in [2.05, 4.69) is 20.2 Å². The smallest absolute Gasteiger partial charge is 0.192 e. The minimum absolute atomic E-state index is 0.609. The van der Waals surface area contributed by atoms with Crippen LogP contribution in [0.1, 0.15) is 11.6 Å². The highest BCUT2D eigenvalue weighted by atomic mass is 16.4. The average Bonchev–Trinajstić information content (AvgIpc) is 3.08. The van der Waals surface area contributed by atoms with Gasteiger partial charge in [0.05, 0.1) is 5.69 Å². The predicted octanol–water partition coefficient (Wildman–Crippen LogP) is 3.30. The Bertz CT molecular complexity index is 1010. The van der Waals surface area contributed by atoms with Gasteiger partial charge < -0.3 is 4.42 Å². The summed E-state index contributed by atoms with van der Waals surface area (Å²) in [4.78, 5) is 10.6. The molecule has 0 atom stereocenters. The number of benzene rings is 1. The van der Waals surface area contributed by atoms with Gasteiger partial charge in [-0.1, -0.05) is 6.07 Å². The second-order valence-corrected chi connectivity index (χ2v) is 5.47. The molecule has 4 rings (SSSR count). The molecule has 23 heavy (non-hydrogen) atoms. The SMILES string of the molecule is Cc1cccc(-c2nc(C)oc2-c2ccc3nn(C)nc3c2)n1. The monoisotopic (exact) mass is 305 g/mol. The van der Waals surface area contributed by atoms with Crippen LogP contribution in [0.4, 0.5) is 0 Å². The summed E-state index contributed by atoms with van der Waals surface area (Å²) in [7, 11) is 1.81. The molecule has 0 N–H and O–H groups in total. The van der Waals surface area contributed by atoms with E-state index in [1.54, 1.807) is 11.8 Å². The number of oxazole rings is 1. The first-order valence-corrected chi connectivity index (χ1v) is 7.33. The number of pyridine rings is 1. The lowest BCUT2D eigenvalue weighted by molar-refractivity contribution is 0.534. The summed E-state index contributed by atoms with van der Waals surface area (Å²) in [5.41, 5.74) is 5.07. The highest BCUT2D eigenvalue weighted by molar-refractivity contribution is 5.83. The zero-order chi connectivity index (χ0) is 16.0. The number of aromatic nitrogens is 5. The molecule has 0 aliphatic rings. The number of hydrogen-bond acceptors (Lipinski definition) is 5. The van der Waals surface area contributed by atoms with Crippen LogP contribution >= 0.6 is 0 Å². The molecule has 0 radical (unpaired) electrons. The van der Waals surface area contributed by atoms with Crippen molar-refractivity contribution in [2.45, 2.75) is 13.8 Å². The Morgan fingerprint density at radius 1 is 0.957 bits per heavy atom. The third kappa shape index (κ3) is 2.38. The van der Waals surface area contributed by atoms with Crippen LogP contribution in [0, 0.1) is 13.8 Å². The second-order valence-electron chi connectivity index (χ2n) is 5.47. The van der Waals surface area contributed by atoms with Crippen LogP contribution in [0.5, 0.6) is 0 Å². The van der Waals surface area contributed by atoms with Crippen molar-refractivity contribution in [1.82, 2.24) is 25.0 Å². The van der Waals surface area contributed by atoms with Gasteiger partial charge in [-0.2, -0.15) is 15.0 Å². The van der Waals surface area contributed by atoms with E-state index in [1.165, 1.54) is 0 Å². The van der Waals surface area contributed by atoms with Gasteiger partial charge in [0.15, 0.2) is 11.7 Å². The minimum atomic E-state index is 0.609. The van der Waals surface area contributed by atoms with Crippen LogP contribution in [0.3, 0.4) is 0 Å². The maximum atomic E-state index is 5.84. The van der Waals surface area contributed by atoms with Crippen LogP contribution in [-0.2, 0) is 7.05 Å². The van der Waals surface area contributed by atoms with Gasteiger partial charge in [0, 0.05) is 25.2 Å². The molecule has 0 amide bonds. The van der Waals surface area contributed by atoms with Crippen LogP contribution in [0.15, 0.2) is 40.8 Å².